The van der Waals surface area contributed by atoms with Gasteiger partial charge in [-0.25, -0.2) is 0 Å². The molecule has 0 saturated carbocycles. The number of hydrogen-bond acceptors (Lipinski definition) is 4. The van der Waals surface area contributed by atoms with E-state index in [2.05, 4.69) is 10.1 Å². The number of hydrogen-bond donors (Lipinski definition) is 2. The Kier molecular flexibility index (Phi) is 4.50. The van der Waals surface area contributed by atoms with E-state index in [1.807, 2.05) is 12.1 Å². The van der Waals surface area contributed by atoms with Gasteiger partial charge < -0.3 is 20.6 Å². The fourth-order valence-electron chi connectivity index (χ4n) is 2.50. The molecule has 1 heterocycles. The number of nitrogens with two attached hydrogens (primary N) is 1. The van der Waals surface area contributed by atoms with E-state index in [1.165, 1.54) is 0 Å². The van der Waals surface area contributed by atoms with E-state index in [4.69, 9.17) is 27.3 Å². The molecule has 0 bridgehead atoms. The van der Waals surface area contributed by atoms with Crippen LogP contribution < -0.4 is 10.6 Å². The molecule has 1 atom stereocenters. The first-order valence-corrected chi connectivity index (χ1v) is 6.55. The highest BCUT2D eigenvalue weighted by Gasteiger charge is 2.25. The third-order valence-electron chi connectivity index (χ3n) is 3.38. The van der Waals surface area contributed by atoms with Crippen LogP contribution in [-0.4, -0.2) is 37.8 Å². The van der Waals surface area contributed by atoms with Crippen LogP contribution in [-0.2, 0) is 4.74 Å². The molecule has 0 spiro atoms. The number of benzene rings is 1. The van der Waals surface area contributed by atoms with Gasteiger partial charge in [0.2, 0.25) is 0 Å². The Hall–Kier alpha value is -1.46. The predicted molar refractivity (Wildman–Crippen MR) is 76.2 cm³/mol. The summed E-state index contributed by atoms with van der Waals surface area (Å²) in [5, 5.41) is 12.4. The van der Waals surface area contributed by atoms with Gasteiger partial charge in [0.1, 0.15) is 0 Å². The third kappa shape index (κ3) is 2.93. The molecule has 1 aliphatic rings. The second kappa shape index (κ2) is 6.12. The normalized spacial score (nSPS) is 20.0. The van der Waals surface area contributed by atoms with Crippen molar-refractivity contribution in [3.63, 3.8) is 0 Å². The summed E-state index contributed by atoms with van der Waals surface area (Å²) in [4.78, 5) is 2.20. The van der Waals surface area contributed by atoms with Crippen molar-refractivity contribution in [2.24, 2.45) is 16.8 Å². The standard InChI is InChI=1S/C13H18ClN3O2/c1-19-8-9-5-6-17(7-9)11-4-2-3-10(14)12(11)13(15)16-18/h2-4,9,18H,5-8H2,1H3,(H2,15,16). The molecule has 1 fully saturated rings. The predicted octanol–water partition coefficient (Wildman–Crippen LogP) is 1.91. The van der Waals surface area contributed by atoms with E-state index in [9.17, 15) is 0 Å². The highest BCUT2D eigenvalue weighted by Crippen LogP contribution is 2.31. The Morgan fingerprint density at radius 1 is 1.63 bits per heavy atom. The molecule has 0 amide bonds. The third-order valence-corrected chi connectivity index (χ3v) is 3.70. The smallest absolute Gasteiger partial charge is 0.173 e. The van der Waals surface area contributed by atoms with Crippen LogP contribution in [0.25, 0.3) is 0 Å². The number of rotatable bonds is 4. The number of nitrogens with zero attached hydrogens (tertiary/aromatic N) is 2. The fourth-order valence-corrected chi connectivity index (χ4v) is 2.77. The summed E-state index contributed by atoms with van der Waals surface area (Å²) in [6.45, 7) is 2.55. The first-order chi connectivity index (χ1) is 9.17. The molecule has 1 unspecified atom stereocenters. The number of amidine groups is 1. The largest absolute Gasteiger partial charge is 0.409 e. The second-order valence-electron chi connectivity index (χ2n) is 4.68. The molecule has 1 aliphatic heterocycles. The number of halogens is 1. The zero-order chi connectivity index (χ0) is 13.8. The van der Waals surface area contributed by atoms with E-state index >= 15 is 0 Å². The highest BCUT2D eigenvalue weighted by atomic mass is 35.5. The van der Waals surface area contributed by atoms with Gasteiger partial charge in [-0.3, -0.25) is 0 Å². The van der Waals surface area contributed by atoms with Crippen molar-refractivity contribution < 1.29 is 9.94 Å². The van der Waals surface area contributed by atoms with Gasteiger partial charge in [0.05, 0.1) is 17.2 Å². The van der Waals surface area contributed by atoms with Crippen molar-refractivity contribution in [2.45, 2.75) is 6.42 Å². The van der Waals surface area contributed by atoms with Crippen LogP contribution in [0.1, 0.15) is 12.0 Å². The van der Waals surface area contributed by atoms with Crippen LogP contribution in [0.5, 0.6) is 0 Å². The van der Waals surface area contributed by atoms with Crippen LogP contribution in [0.2, 0.25) is 5.02 Å². The summed E-state index contributed by atoms with van der Waals surface area (Å²) < 4.78 is 5.19. The molecule has 5 nitrogen and oxygen atoms in total. The number of ether oxygens (including phenoxy) is 1. The molecule has 0 aliphatic carbocycles. The summed E-state index contributed by atoms with van der Waals surface area (Å²) >= 11 is 6.16. The fraction of sp³-hybridized carbons (Fsp3) is 0.462. The SMILES string of the molecule is COCC1CCN(c2cccc(Cl)c2C(N)=NO)C1. The molecular formula is C13H18ClN3O2. The lowest BCUT2D eigenvalue weighted by molar-refractivity contribution is 0.161. The zero-order valence-corrected chi connectivity index (χ0v) is 11.6. The first-order valence-electron chi connectivity index (χ1n) is 6.17. The first kappa shape index (κ1) is 14.0. The maximum Gasteiger partial charge on any atom is 0.173 e. The molecule has 1 saturated heterocycles. The minimum Gasteiger partial charge on any atom is -0.409 e. The average molecular weight is 284 g/mol. The molecule has 3 N–H and O–H groups in total. The Morgan fingerprint density at radius 3 is 3.11 bits per heavy atom. The van der Waals surface area contributed by atoms with Gasteiger partial charge >= 0.3 is 0 Å². The van der Waals surface area contributed by atoms with Crippen molar-refractivity contribution in [1.82, 2.24) is 0 Å². The highest BCUT2D eigenvalue weighted by molar-refractivity contribution is 6.34. The maximum absolute atomic E-state index is 8.88. The van der Waals surface area contributed by atoms with Crippen molar-refractivity contribution in [2.75, 3.05) is 31.7 Å². The van der Waals surface area contributed by atoms with E-state index in [1.54, 1.807) is 13.2 Å². The monoisotopic (exact) mass is 283 g/mol. The van der Waals surface area contributed by atoms with Gasteiger partial charge in [-0.2, -0.15) is 0 Å². The molecular weight excluding hydrogens is 266 g/mol. The molecule has 0 radical (unpaired) electrons. The number of oxime groups is 1. The van der Waals surface area contributed by atoms with Crippen LogP contribution in [0, 0.1) is 5.92 Å². The Labute approximate surface area is 117 Å². The minimum atomic E-state index is 0.0378. The summed E-state index contributed by atoms with van der Waals surface area (Å²) in [7, 11) is 1.71. The number of methoxy groups -OCH3 is 1. The summed E-state index contributed by atoms with van der Waals surface area (Å²) in [5.41, 5.74) is 7.21. The van der Waals surface area contributed by atoms with E-state index < -0.39 is 0 Å². The minimum absolute atomic E-state index is 0.0378. The lowest BCUT2D eigenvalue weighted by atomic mass is 10.1. The Balaban J connectivity index is 2.28. The van der Waals surface area contributed by atoms with Crippen LogP contribution >= 0.6 is 11.6 Å². The van der Waals surface area contributed by atoms with E-state index in [0.29, 0.717) is 16.5 Å². The summed E-state index contributed by atoms with van der Waals surface area (Å²) in [6, 6.07) is 5.55. The van der Waals surface area contributed by atoms with Crippen molar-refractivity contribution in [1.29, 1.82) is 0 Å². The number of anilines is 1. The van der Waals surface area contributed by atoms with Gasteiger partial charge in [0.25, 0.3) is 0 Å². The van der Waals surface area contributed by atoms with Crippen molar-refractivity contribution >= 4 is 23.1 Å². The molecule has 2 rings (SSSR count). The molecule has 0 aromatic heterocycles. The molecule has 6 heteroatoms. The topological polar surface area (TPSA) is 71.1 Å². The van der Waals surface area contributed by atoms with Gasteiger partial charge in [0.15, 0.2) is 5.84 Å². The van der Waals surface area contributed by atoms with E-state index in [-0.39, 0.29) is 5.84 Å². The van der Waals surface area contributed by atoms with Gasteiger partial charge in [0, 0.05) is 31.8 Å². The summed E-state index contributed by atoms with van der Waals surface area (Å²) in [5.74, 6) is 0.542. The molecule has 104 valence electrons. The lowest BCUT2D eigenvalue weighted by Gasteiger charge is -2.22. The zero-order valence-electron chi connectivity index (χ0n) is 10.8. The molecule has 19 heavy (non-hydrogen) atoms. The van der Waals surface area contributed by atoms with Gasteiger partial charge in [-0.1, -0.05) is 22.8 Å². The lowest BCUT2D eigenvalue weighted by Crippen LogP contribution is -2.25. The van der Waals surface area contributed by atoms with Crippen molar-refractivity contribution in [3.05, 3.63) is 28.8 Å². The molecule has 1 aromatic rings. The van der Waals surface area contributed by atoms with E-state index in [0.717, 1.165) is 31.8 Å². The quantitative estimate of drug-likeness (QED) is 0.383. The average Bonchev–Trinajstić information content (AvgIpc) is 2.86. The maximum atomic E-state index is 8.88. The summed E-state index contributed by atoms with van der Waals surface area (Å²) in [6.07, 6.45) is 1.07. The Morgan fingerprint density at radius 2 is 2.42 bits per heavy atom. The van der Waals surface area contributed by atoms with Crippen LogP contribution in [0.4, 0.5) is 5.69 Å². The van der Waals surface area contributed by atoms with Crippen LogP contribution in [0.3, 0.4) is 0 Å². The van der Waals surface area contributed by atoms with Crippen LogP contribution in [0.15, 0.2) is 23.4 Å². The second-order valence-corrected chi connectivity index (χ2v) is 5.08. The van der Waals surface area contributed by atoms with Gasteiger partial charge in [-0.05, 0) is 18.6 Å². The molecule has 1 aromatic carbocycles. The van der Waals surface area contributed by atoms with Crippen molar-refractivity contribution in [3.8, 4) is 0 Å². The Bertz CT molecular complexity index is 479. The van der Waals surface area contributed by atoms with Gasteiger partial charge in [-0.15, -0.1) is 0 Å².